The Balaban J connectivity index is 1.50. The van der Waals surface area contributed by atoms with Gasteiger partial charge < -0.3 is 9.47 Å². The van der Waals surface area contributed by atoms with Crippen molar-refractivity contribution in [3.8, 4) is 6.07 Å². The van der Waals surface area contributed by atoms with E-state index >= 15 is 0 Å². The van der Waals surface area contributed by atoms with Gasteiger partial charge in [-0.3, -0.25) is 29.6 Å². The lowest BCUT2D eigenvalue weighted by atomic mass is 9.82. The number of β-lactam (4-membered cyclic amide) rings is 1. The Kier molecular flexibility index (Phi) is 9.39. The molecule has 0 aliphatic carbocycles. The SMILES string of the molecule is CC(=O)OCC1=C(C(=O)OC(c2ccccc2)c2ccccc2)N2C(=O)C(CCC#N)(N=Cc3ccc([N+](=O)[O-])cc3)[C@H]2SC1. The Morgan fingerprint density at radius 3 is 2.29 bits per heavy atom. The number of nitro groups is 1. The zero-order valence-electron chi connectivity index (χ0n) is 24.2. The van der Waals surface area contributed by atoms with Gasteiger partial charge in [0.1, 0.15) is 17.7 Å². The molecule has 0 radical (unpaired) electrons. The average Bonchev–Trinajstić information content (AvgIpc) is 3.06. The highest BCUT2D eigenvalue weighted by Gasteiger charge is 2.64. The van der Waals surface area contributed by atoms with Gasteiger partial charge in [-0.05, 0) is 35.2 Å². The van der Waals surface area contributed by atoms with Crippen LogP contribution in [0, 0.1) is 21.4 Å². The summed E-state index contributed by atoms with van der Waals surface area (Å²) in [6, 6.07) is 26.2. The molecule has 1 amide bonds. The molecule has 2 aliphatic rings. The molecule has 0 N–H and O–H groups in total. The van der Waals surface area contributed by atoms with Gasteiger partial charge in [0, 0.05) is 43.0 Å². The summed E-state index contributed by atoms with van der Waals surface area (Å²) < 4.78 is 11.4. The smallest absolute Gasteiger partial charge is 0.356 e. The second kappa shape index (κ2) is 13.6. The van der Waals surface area contributed by atoms with Crippen LogP contribution in [0.3, 0.4) is 0 Å². The van der Waals surface area contributed by atoms with Crippen molar-refractivity contribution in [3.63, 3.8) is 0 Å². The van der Waals surface area contributed by atoms with Crippen molar-refractivity contribution >= 4 is 41.5 Å². The van der Waals surface area contributed by atoms with Crippen molar-refractivity contribution in [1.29, 1.82) is 5.26 Å². The summed E-state index contributed by atoms with van der Waals surface area (Å²) >= 11 is 1.34. The predicted octanol–water partition coefficient (Wildman–Crippen LogP) is 5.12. The molecule has 1 fully saturated rings. The number of thioether (sulfide) groups is 1. The highest BCUT2D eigenvalue weighted by Crippen LogP contribution is 2.51. The number of carbonyl (C=O) groups is 3. The van der Waals surface area contributed by atoms with Gasteiger partial charge in [-0.15, -0.1) is 11.8 Å². The maximum Gasteiger partial charge on any atom is 0.356 e. The third kappa shape index (κ3) is 6.49. The minimum atomic E-state index is -1.36. The number of carbonyl (C=O) groups excluding carboxylic acids is 3. The summed E-state index contributed by atoms with van der Waals surface area (Å²) in [5.41, 5.74) is 0.942. The monoisotopic (exact) mass is 624 g/mol. The summed E-state index contributed by atoms with van der Waals surface area (Å²) in [5.74, 6) is -1.56. The van der Waals surface area contributed by atoms with Gasteiger partial charge in [-0.25, -0.2) is 4.79 Å². The molecule has 2 aliphatic heterocycles. The Labute approximate surface area is 263 Å². The molecular formula is C33H28N4O7S. The Morgan fingerprint density at radius 2 is 1.73 bits per heavy atom. The number of ether oxygens (including phenoxy) is 2. The van der Waals surface area contributed by atoms with Crippen LogP contribution in [0.15, 0.2) is 101 Å². The van der Waals surface area contributed by atoms with Crippen LogP contribution in [0.2, 0.25) is 0 Å². The Bertz CT molecular complexity index is 1660. The first kappa shape index (κ1) is 31.2. The van der Waals surface area contributed by atoms with E-state index in [1.54, 1.807) is 0 Å². The first-order valence-corrected chi connectivity index (χ1v) is 15.1. The summed E-state index contributed by atoms with van der Waals surface area (Å²) in [4.78, 5) is 56.3. The van der Waals surface area contributed by atoms with Crippen LogP contribution in [0.4, 0.5) is 5.69 Å². The average molecular weight is 625 g/mol. The topological polar surface area (TPSA) is 152 Å². The molecule has 1 saturated heterocycles. The molecule has 5 rings (SSSR count). The number of nitriles is 1. The van der Waals surface area contributed by atoms with E-state index < -0.39 is 39.8 Å². The van der Waals surface area contributed by atoms with Gasteiger partial charge in [-0.2, -0.15) is 5.26 Å². The van der Waals surface area contributed by atoms with E-state index in [9.17, 15) is 29.8 Å². The second-order valence-electron chi connectivity index (χ2n) is 10.4. The number of rotatable bonds is 11. The lowest BCUT2D eigenvalue weighted by Gasteiger charge is -2.55. The van der Waals surface area contributed by atoms with E-state index in [0.717, 1.165) is 11.1 Å². The maximum atomic E-state index is 14.1. The van der Waals surface area contributed by atoms with E-state index in [-0.39, 0.29) is 36.6 Å². The number of hydrogen-bond acceptors (Lipinski definition) is 10. The Morgan fingerprint density at radius 1 is 1.11 bits per heavy atom. The zero-order valence-corrected chi connectivity index (χ0v) is 25.0. The number of esters is 2. The van der Waals surface area contributed by atoms with Gasteiger partial charge in [0.15, 0.2) is 11.6 Å². The minimum absolute atomic E-state index is 0.0139. The predicted molar refractivity (Wildman–Crippen MR) is 166 cm³/mol. The molecular weight excluding hydrogens is 596 g/mol. The fourth-order valence-electron chi connectivity index (χ4n) is 5.24. The number of benzene rings is 3. The fourth-order valence-corrected chi connectivity index (χ4v) is 6.72. The maximum absolute atomic E-state index is 14.1. The van der Waals surface area contributed by atoms with Crippen LogP contribution in [-0.2, 0) is 23.9 Å². The summed E-state index contributed by atoms with van der Waals surface area (Å²) in [5, 5.41) is 19.8. The molecule has 0 bridgehead atoms. The molecule has 0 aromatic heterocycles. The first-order chi connectivity index (χ1) is 21.7. The minimum Gasteiger partial charge on any atom is -0.461 e. The van der Waals surface area contributed by atoms with Crippen molar-refractivity contribution in [3.05, 3.63) is 123 Å². The molecule has 0 spiro atoms. The van der Waals surface area contributed by atoms with Crippen LogP contribution in [0.1, 0.15) is 42.6 Å². The van der Waals surface area contributed by atoms with E-state index in [0.29, 0.717) is 11.1 Å². The molecule has 12 heteroatoms. The third-order valence-corrected chi connectivity index (χ3v) is 8.89. The van der Waals surface area contributed by atoms with Crippen molar-refractivity contribution in [2.24, 2.45) is 4.99 Å². The second-order valence-corrected chi connectivity index (χ2v) is 11.4. The van der Waals surface area contributed by atoms with Gasteiger partial charge in [0.05, 0.1) is 11.0 Å². The number of aliphatic imine (C=N–C) groups is 1. The molecule has 11 nitrogen and oxygen atoms in total. The Hall–Kier alpha value is -5.28. The summed E-state index contributed by atoms with van der Waals surface area (Å²) in [6.45, 7) is 1.05. The normalized spacial score (nSPS) is 19.1. The largest absolute Gasteiger partial charge is 0.461 e. The van der Waals surface area contributed by atoms with Gasteiger partial charge in [0.2, 0.25) is 0 Å². The number of nitrogens with zero attached hydrogens (tertiary/aromatic N) is 4. The molecule has 45 heavy (non-hydrogen) atoms. The molecule has 0 saturated carbocycles. The molecule has 1 unspecified atom stereocenters. The lowest BCUT2D eigenvalue weighted by molar-refractivity contribution is -0.384. The fraction of sp³-hybridized carbons (Fsp3) is 0.242. The van der Waals surface area contributed by atoms with Crippen molar-refractivity contribution < 1.29 is 28.8 Å². The van der Waals surface area contributed by atoms with Crippen molar-refractivity contribution in [2.75, 3.05) is 12.4 Å². The number of amides is 1. The number of hydrogen-bond donors (Lipinski definition) is 0. The van der Waals surface area contributed by atoms with Gasteiger partial charge in [0.25, 0.3) is 11.6 Å². The summed E-state index contributed by atoms with van der Waals surface area (Å²) in [7, 11) is 0. The van der Waals surface area contributed by atoms with Crippen LogP contribution < -0.4 is 0 Å². The third-order valence-electron chi connectivity index (χ3n) is 7.46. The standard InChI is InChI=1S/C33H28N4O7S/c1-22(38)43-20-26-21-45-32-33(17-8-18-34,35-19-23-13-15-27(16-14-23)37(41)42)31(40)36(32)28(26)30(39)44-29(24-9-4-2-5-10-24)25-11-6-3-7-12-25/h2-7,9-16,19,29,32H,8,17,20-21H2,1H3/t32-,33?/m1/s1. The highest BCUT2D eigenvalue weighted by molar-refractivity contribution is 8.00. The van der Waals surface area contributed by atoms with Crippen LogP contribution >= 0.6 is 11.8 Å². The van der Waals surface area contributed by atoms with Gasteiger partial charge >= 0.3 is 11.9 Å². The van der Waals surface area contributed by atoms with E-state index in [1.807, 2.05) is 60.7 Å². The van der Waals surface area contributed by atoms with E-state index in [2.05, 4.69) is 11.1 Å². The van der Waals surface area contributed by atoms with E-state index in [4.69, 9.17) is 9.47 Å². The molecule has 2 atom stereocenters. The lowest BCUT2D eigenvalue weighted by Crippen LogP contribution is -2.72. The molecule has 3 aromatic carbocycles. The first-order valence-electron chi connectivity index (χ1n) is 14.0. The van der Waals surface area contributed by atoms with Crippen molar-refractivity contribution in [2.45, 2.75) is 36.8 Å². The van der Waals surface area contributed by atoms with Crippen molar-refractivity contribution in [1.82, 2.24) is 4.90 Å². The number of fused-ring (bicyclic) bond motifs is 1. The highest BCUT2D eigenvalue weighted by atomic mass is 32.2. The van der Waals surface area contributed by atoms with E-state index in [1.165, 1.54) is 54.1 Å². The van der Waals surface area contributed by atoms with Gasteiger partial charge in [-0.1, -0.05) is 60.7 Å². The number of nitro benzene ring substituents is 1. The van der Waals surface area contributed by atoms with Crippen LogP contribution in [-0.4, -0.2) is 57.2 Å². The molecule has 2 heterocycles. The molecule has 228 valence electrons. The van der Waals surface area contributed by atoms with Crippen LogP contribution in [0.5, 0.6) is 0 Å². The zero-order chi connectivity index (χ0) is 32.0. The quantitative estimate of drug-likeness (QED) is 0.0930. The summed E-state index contributed by atoms with van der Waals surface area (Å²) in [6.07, 6.45) is 0.795. The van der Waals surface area contributed by atoms with Crippen LogP contribution in [0.25, 0.3) is 0 Å². The number of non-ortho nitro benzene ring substituents is 1. The molecule has 3 aromatic rings.